The first-order chi connectivity index (χ1) is 9.08. The van der Waals surface area contributed by atoms with Crippen LogP contribution in [-0.2, 0) is 4.84 Å². The fourth-order valence-electron chi connectivity index (χ4n) is 1.56. The SMILES string of the molecule is Cc1ccc(C)c(C(=O)O/N=C(\N)c2cccs2)c1. The molecule has 0 fully saturated rings. The van der Waals surface area contributed by atoms with Crippen LogP contribution in [0.3, 0.4) is 0 Å². The Morgan fingerprint density at radius 2 is 2.11 bits per heavy atom. The zero-order chi connectivity index (χ0) is 13.8. The van der Waals surface area contributed by atoms with Crippen LogP contribution in [0.4, 0.5) is 0 Å². The van der Waals surface area contributed by atoms with Crippen molar-refractivity contribution >= 4 is 23.1 Å². The van der Waals surface area contributed by atoms with Gasteiger partial charge in [0.25, 0.3) is 0 Å². The average Bonchev–Trinajstić information content (AvgIpc) is 2.92. The normalized spacial score (nSPS) is 11.4. The average molecular weight is 274 g/mol. The smallest absolute Gasteiger partial charge is 0.366 e. The summed E-state index contributed by atoms with van der Waals surface area (Å²) in [6, 6.07) is 9.26. The number of nitrogens with two attached hydrogens (primary N) is 1. The molecule has 1 aromatic heterocycles. The molecule has 1 heterocycles. The van der Waals surface area contributed by atoms with Gasteiger partial charge in [-0.05, 0) is 36.9 Å². The molecule has 0 amide bonds. The van der Waals surface area contributed by atoms with E-state index in [1.165, 1.54) is 11.3 Å². The Bertz CT molecular complexity index is 618. The van der Waals surface area contributed by atoms with E-state index in [9.17, 15) is 4.79 Å². The molecule has 4 nitrogen and oxygen atoms in total. The minimum atomic E-state index is -0.499. The van der Waals surface area contributed by atoms with E-state index in [1.54, 1.807) is 6.07 Å². The first-order valence-corrected chi connectivity index (χ1v) is 6.62. The number of benzene rings is 1. The summed E-state index contributed by atoms with van der Waals surface area (Å²) in [6.07, 6.45) is 0. The molecule has 0 radical (unpaired) electrons. The van der Waals surface area contributed by atoms with Crippen LogP contribution in [-0.4, -0.2) is 11.8 Å². The first-order valence-electron chi connectivity index (χ1n) is 5.74. The fourth-order valence-corrected chi connectivity index (χ4v) is 2.18. The maximum Gasteiger partial charge on any atom is 0.366 e. The van der Waals surface area contributed by atoms with Gasteiger partial charge in [-0.3, -0.25) is 0 Å². The number of oxime groups is 1. The molecule has 0 aliphatic heterocycles. The Kier molecular flexibility index (Phi) is 3.97. The van der Waals surface area contributed by atoms with Gasteiger partial charge in [0, 0.05) is 0 Å². The zero-order valence-corrected chi connectivity index (χ0v) is 11.5. The number of rotatable bonds is 3. The molecule has 0 spiro atoms. The largest absolute Gasteiger partial charge is 0.380 e. The van der Waals surface area contributed by atoms with Gasteiger partial charge < -0.3 is 10.6 Å². The summed E-state index contributed by atoms with van der Waals surface area (Å²) in [7, 11) is 0. The molecule has 2 aromatic rings. The maximum atomic E-state index is 11.9. The van der Waals surface area contributed by atoms with Crippen molar-refractivity contribution in [2.24, 2.45) is 10.9 Å². The van der Waals surface area contributed by atoms with Crippen molar-refractivity contribution in [3.63, 3.8) is 0 Å². The van der Waals surface area contributed by atoms with Crippen LogP contribution in [0.5, 0.6) is 0 Å². The highest BCUT2D eigenvalue weighted by atomic mass is 32.1. The number of amidine groups is 1. The lowest BCUT2D eigenvalue weighted by atomic mass is 10.1. The minimum Gasteiger partial charge on any atom is -0.380 e. The number of carbonyl (C=O) groups is 1. The van der Waals surface area contributed by atoms with E-state index in [0.717, 1.165) is 16.0 Å². The summed E-state index contributed by atoms with van der Waals surface area (Å²) in [4.78, 5) is 17.6. The molecule has 2 rings (SSSR count). The van der Waals surface area contributed by atoms with Crippen LogP contribution in [0.2, 0.25) is 0 Å². The number of carbonyl (C=O) groups excluding carboxylic acids is 1. The van der Waals surface area contributed by atoms with E-state index < -0.39 is 5.97 Å². The molecule has 98 valence electrons. The zero-order valence-electron chi connectivity index (χ0n) is 10.7. The van der Waals surface area contributed by atoms with Crippen LogP contribution in [0, 0.1) is 13.8 Å². The minimum absolute atomic E-state index is 0.202. The second-order valence-electron chi connectivity index (χ2n) is 4.15. The molecular formula is C14H14N2O2S. The van der Waals surface area contributed by atoms with Crippen molar-refractivity contribution < 1.29 is 9.63 Å². The van der Waals surface area contributed by atoms with E-state index in [1.807, 2.05) is 43.5 Å². The van der Waals surface area contributed by atoms with E-state index in [0.29, 0.717) is 5.56 Å². The highest BCUT2D eigenvalue weighted by molar-refractivity contribution is 7.12. The van der Waals surface area contributed by atoms with Gasteiger partial charge in [-0.15, -0.1) is 11.3 Å². The van der Waals surface area contributed by atoms with Crippen molar-refractivity contribution in [2.75, 3.05) is 0 Å². The Morgan fingerprint density at radius 1 is 1.32 bits per heavy atom. The summed E-state index contributed by atoms with van der Waals surface area (Å²) < 4.78 is 0. The summed E-state index contributed by atoms with van der Waals surface area (Å²) in [5, 5.41) is 5.55. The second-order valence-corrected chi connectivity index (χ2v) is 5.10. The lowest BCUT2D eigenvalue weighted by Crippen LogP contribution is -2.14. The van der Waals surface area contributed by atoms with Gasteiger partial charge in [0.2, 0.25) is 0 Å². The van der Waals surface area contributed by atoms with Gasteiger partial charge in [0.15, 0.2) is 5.84 Å². The molecule has 0 aliphatic rings. The Morgan fingerprint density at radius 3 is 2.79 bits per heavy atom. The van der Waals surface area contributed by atoms with Crippen LogP contribution >= 0.6 is 11.3 Å². The van der Waals surface area contributed by atoms with Crippen LogP contribution in [0.1, 0.15) is 26.4 Å². The third kappa shape index (κ3) is 3.20. The molecule has 0 bridgehead atoms. The summed E-state index contributed by atoms with van der Waals surface area (Å²) >= 11 is 1.44. The van der Waals surface area contributed by atoms with Crippen molar-refractivity contribution in [1.29, 1.82) is 0 Å². The summed E-state index contributed by atoms with van der Waals surface area (Å²) in [5.41, 5.74) is 8.06. The molecule has 2 N–H and O–H groups in total. The molecule has 0 saturated heterocycles. The molecule has 0 unspecified atom stereocenters. The van der Waals surface area contributed by atoms with E-state index in [-0.39, 0.29) is 5.84 Å². The number of thiophene rings is 1. The fraction of sp³-hybridized carbons (Fsp3) is 0.143. The molecular weight excluding hydrogens is 260 g/mol. The van der Waals surface area contributed by atoms with Gasteiger partial charge in [-0.1, -0.05) is 28.9 Å². The number of aryl methyl sites for hydroxylation is 2. The molecule has 1 aromatic carbocycles. The number of hydrogen-bond donors (Lipinski definition) is 1. The third-order valence-electron chi connectivity index (χ3n) is 2.61. The number of hydrogen-bond acceptors (Lipinski definition) is 4. The quantitative estimate of drug-likeness (QED) is 0.405. The highest BCUT2D eigenvalue weighted by Crippen LogP contribution is 2.13. The van der Waals surface area contributed by atoms with Crippen LogP contribution < -0.4 is 5.73 Å². The Balaban J connectivity index is 2.14. The van der Waals surface area contributed by atoms with Gasteiger partial charge in [0.1, 0.15) is 0 Å². The standard InChI is InChI=1S/C14H14N2O2S/c1-9-5-6-10(2)11(8-9)14(17)18-16-13(15)12-4-3-7-19-12/h3-8H,1-2H3,(H2,15,16). The number of nitrogens with zero attached hydrogens (tertiary/aromatic N) is 1. The summed E-state index contributed by atoms with van der Waals surface area (Å²) in [6.45, 7) is 3.77. The first kappa shape index (κ1) is 13.3. The van der Waals surface area contributed by atoms with Crippen LogP contribution in [0.15, 0.2) is 40.9 Å². The topological polar surface area (TPSA) is 64.7 Å². The molecule has 5 heteroatoms. The predicted octanol–water partition coefficient (Wildman–Crippen LogP) is 2.84. The van der Waals surface area contributed by atoms with Gasteiger partial charge in [-0.25, -0.2) is 4.79 Å². The monoisotopic (exact) mass is 274 g/mol. The lowest BCUT2D eigenvalue weighted by molar-refractivity contribution is 0.0515. The summed E-state index contributed by atoms with van der Waals surface area (Å²) in [5.74, 6) is -0.297. The van der Waals surface area contributed by atoms with E-state index in [2.05, 4.69) is 5.16 Å². The van der Waals surface area contributed by atoms with Crippen LogP contribution in [0.25, 0.3) is 0 Å². The van der Waals surface area contributed by atoms with Gasteiger partial charge in [0.05, 0.1) is 10.4 Å². The molecule has 19 heavy (non-hydrogen) atoms. The van der Waals surface area contributed by atoms with Crippen molar-refractivity contribution in [2.45, 2.75) is 13.8 Å². The van der Waals surface area contributed by atoms with Crippen molar-refractivity contribution in [1.82, 2.24) is 0 Å². The third-order valence-corrected chi connectivity index (χ3v) is 3.51. The Hall–Kier alpha value is -2.14. The second kappa shape index (κ2) is 5.67. The maximum absolute atomic E-state index is 11.9. The van der Waals surface area contributed by atoms with Crippen molar-refractivity contribution in [3.8, 4) is 0 Å². The molecule has 0 atom stereocenters. The molecule has 0 saturated carbocycles. The van der Waals surface area contributed by atoms with E-state index >= 15 is 0 Å². The van der Waals surface area contributed by atoms with Gasteiger partial charge >= 0.3 is 5.97 Å². The lowest BCUT2D eigenvalue weighted by Gasteiger charge is -2.04. The van der Waals surface area contributed by atoms with E-state index in [4.69, 9.17) is 10.6 Å². The predicted molar refractivity (Wildman–Crippen MR) is 76.4 cm³/mol. The van der Waals surface area contributed by atoms with Gasteiger partial charge in [-0.2, -0.15) is 0 Å². The highest BCUT2D eigenvalue weighted by Gasteiger charge is 2.11. The molecule has 0 aliphatic carbocycles. The van der Waals surface area contributed by atoms with Crippen molar-refractivity contribution in [3.05, 3.63) is 57.3 Å². The Labute approximate surface area is 115 Å².